The molecule has 0 atom stereocenters. The lowest BCUT2D eigenvalue weighted by Gasteiger charge is -2.26. The monoisotopic (exact) mass is 580 g/mol. The van der Waals surface area contributed by atoms with Crippen molar-refractivity contribution in [1.29, 1.82) is 0 Å². The van der Waals surface area contributed by atoms with Crippen molar-refractivity contribution in [2.45, 2.75) is 78.6 Å². The van der Waals surface area contributed by atoms with Crippen LogP contribution in [-0.2, 0) is 4.89 Å². The average Bonchev–Trinajstić information content (AvgIpc) is 3.06. The zero-order valence-corrected chi connectivity index (χ0v) is 26.3. The minimum Gasteiger partial charge on any atom is -0.492 e. The van der Waals surface area contributed by atoms with E-state index in [-0.39, 0.29) is 0 Å². The van der Waals surface area contributed by atoms with Crippen LogP contribution in [0.2, 0.25) is 0 Å². The third-order valence-electron chi connectivity index (χ3n) is 7.51. The number of hydrogen-bond donors (Lipinski definition) is 0. The first-order chi connectivity index (χ1) is 21.3. The Morgan fingerprint density at radius 3 is 1.26 bits per heavy atom. The number of unbranched alkanes of at least 4 members (excludes halogenated alkanes) is 6. The van der Waals surface area contributed by atoms with Crippen LogP contribution in [-0.4, -0.2) is 19.8 Å². The minimum atomic E-state index is 0.515. The lowest BCUT2D eigenvalue weighted by molar-refractivity contribution is -0.206. The summed E-state index contributed by atoms with van der Waals surface area (Å²) in [4.78, 5) is 12.4. The van der Waals surface area contributed by atoms with Crippen LogP contribution in [0.1, 0.15) is 78.6 Å². The van der Waals surface area contributed by atoms with Crippen molar-refractivity contribution in [3.63, 3.8) is 0 Å². The van der Waals surface area contributed by atoms with E-state index in [2.05, 4.69) is 93.6 Å². The van der Waals surface area contributed by atoms with Gasteiger partial charge in [-0.3, -0.25) is 0 Å². The van der Waals surface area contributed by atoms with Gasteiger partial charge in [-0.15, -0.1) is 0 Å². The fraction of sp³-hybridized carbons (Fsp3) is 0.385. The predicted molar refractivity (Wildman–Crippen MR) is 179 cm³/mol. The summed E-state index contributed by atoms with van der Waals surface area (Å²) in [5, 5.41) is 0. The van der Waals surface area contributed by atoms with Crippen molar-refractivity contribution >= 4 is 0 Å². The van der Waals surface area contributed by atoms with Crippen molar-refractivity contribution < 1.29 is 19.2 Å². The van der Waals surface area contributed by atoms with Gasteiger partial charge in [0.05, 0.1) is 36.5 Å². The van der Waals surface area contributed by atoms with Crippen LogP contribution in [0.5, 0.6) is 17.2 Å². The van der Waals surface area contributed by atoms with Crippen LogP contribution in [0.4, 0.5) is 0 Å². The Bertz CT molecular complexity index is 1340. The first-order valence-corrected chi connectivity index (χ1v) is 16.2. The molecule has 0 saturated heterocycles. The molecule has 0 unspecified atom stereocenters. The van der Waals surface area contributed by atoms with Gasteiger partial charge in [-0.1, -0.05) is 150 Å². The molecule has 0 fully saturated rings. The molecule has 0 radical (unpaired) electrons. The molecule has 0 aromatic heterocycles. The second kappa shape index (κ2) is 18.0. The molecule has 228 valence electrons. The zero-order chi connectivity index (χ0) is 30.1. The lowest BCUT2D eigenvalue weighted by atomic mass is 9.89. The molecule has 0 amide bonds. The second-order valence-corrected chi connectivity index (χ2v) is 10.9. The highest BCUT2D eigenvalue weighted by molar-refractivity contribution is 5.99. The third-order valence-corrected chi connectivity index (χ3v) is 7.51. The molecule has 0 bridgehead atoms. The van der Waals surface area contributed by atoms with Crippen molar-refractivity contribution in [1.82, 2.24) is 0 Å². The highest BCUT2D eigenvalue weighted by Gasteiger charge is 2.31. The first kappa shape index (κ1) is 32.2. The van der Waals surface area contributed by atoms with E-state index in [0.29, 0.717) is 25.6 Å². The van der Waals surface area contributed by atoms with Gasteiger partial charge in [-0.25, -0.2) is 0 Å². The molecule has 4 aromatic carbocycles. The van der Waals surface area contributed by atoms with Crippen molar-refractivity contribution in [2.75, 3.05) is 19.8 Å². The van der Waals surface area contributed by atoms with E-state index < -0.39 is 0 Å². The van der Waals surface area contributed by atoms with Crippen LogP contribution >= 0.6 is 0 Å². The van der Waals surface area contributed by atoms with Gasteiger partial charge in [-0.2, -0.15) is 4.89 Å². The summed E-state index contributed by atoms with van der Waals surface area (Å²) in [5.74, 6) is 2.16. The summed E-state index contributed by atoms with van der Waals surface area (Å²) in [6.07, 6.45) is 9.59. The van der Waals surface area contributed by atoms with Gasteiger partial charge in [0.1, 0.15) is 11.5 Å². The summed E-state index contributed by atoms with van der Waals surface area (Å²) < 4.78 is 13.6. The van der Waals surface area contributed by atoms with Gasteiger partial charge in [-0.05, 0) is 36.0 Å². The lowest BCUT2D eigenvalue weighted by Crippen LogP contribution is -2.09. The number of ether oxygens (including phenoxy) is 2. The molecule has 4 nitrogen and oxygen atoms in total. The zero-order valence-electron chi connectivity index (χ0n) is 26.3. The molecule has 43 heavy (non-hydrogen) atoms. The summed E-state index contributed by atoms with van der Waals surface area (Å²) in [6, 6.07) is 31.2. The van der Waals surface area contributed by atoms with E-state index in [9.17, 15) is 0 Å². The summed E-state index contributed by atoms with van der Waals surface area (Å²) in [7, 11) is 0. The summed E-state index contributed by atoms with van der Waals surface area (Å²) in [6.45, 7) is 8.31. The third kappa shape index (κ3) is 8.87. The molecule has 0 N–H and O–H groups in total. The van der Waals surface area contributed by atoms with Crippen molar-refractivity contribution in [2.24, 2.45) is 0 Å². The topological polar surface area (TPSA) is 36.9 Å². The molecule has 0 aliphatic rings. The minimum absolute atomic E-state index is 0.515. The highest BCUT2D eigenvalue weighted by Crippen LogP contribution is 2.56. The largest absolute Gasteiger partial charge is 0.492 e. The maximum Gasteiger partial charge on any atom is 0.188 e. The van der Waals surface area contributed by atoms with E-state index in [0.717, 1.165) is 89.8 Å². The summed E-state index contributed by atoms with van der Waals surface area (Å²) in [5.41, 5.74) is 5.76. The van der Waals surface area contributed by atoms with Crippen molar-refractivity contribution in [3.8, 4) is 50.6 Å². The van der Waals surface area contributed by atoms with Gasteiger partial charge < -0.3 is 14.4 Å². The van der Waals surface area contributed by atoms with Gasteiger partial charge in [0.25, 0.3) is 0 Å². The molecule has 0 aliphatic heterocycles. The summed E-state index contributed by atoms with van der Waals surface area (Å²) >= 11 is 0. The van der Waals surface area contributed by atoms with Crippen LogP contribution in [0, 0.1) is 0 Å². The molecule has 0 heterocycles. The van der Waals surface area contributed by atoms with Gasteiger partial charge in [0.15, 0.2) is 5.75 Å². The molecule has 4 aromatic rings. The van der Waals surface area contributed by atoms with E-state index in [4.69, 9.17) is 19.2 Å². The Labute approximate surface area is 258 Å². The SMILES string of the molecule is CCCCCCOOc1c(-c2ccccc2)c(OCCCC)c(-c2ccccc2)c(OCCCCC)c1-c1ccccc1. The average molecular weight is 581 g/mol. The van der Waals surface area contributed by atoms with Crippen LogP contribution < -0.4 is 14.4 Å². The van der Waals surface area contributed by atoms with Crippen LogP contribution in [0.3, 0.4) is 0 Å². The quantitative estimate of drug-likeness (QED) is 0.0628. The molecule has 4 rings (SSSR count). The highest BCUT2D eigenvalue weighted by atomic mass is 17.2. The fourth-order valence-electron chi connectivity index (χ4n) is 5.19. The maximum absolute atomic E-state index is 6.80. The molecular weight excluding hydrogens is 532 g/mol. The fourth-order valence-corrected chi connectivity index (χ4v) is 5.19. The number of hydrogen-bond acceptors (Lipinski definition) is 4. The second-order valence-electron chi connectivity index (χ2n) is 10.9. The molecule has 0 aliphatic carbocycles. The maximum atomic E-state index is 6.80. The van der Waals surface area contributed by atoms with E-state index in [1.807, 2.05) is 18.2 Å². The Hall–Kier alpha value is -3.76. The van der Waals surface area contributed by atoms with Crippen LogP contribution in [0.15, 0.2) is 91.0 Å². The molecule has 4 heteroatoms. The van der Waals surface area contributed by atoms with E-state index >= 15 is 0 Å². The Morgan fingerprint density at radius 1 is 0.395 bits per heavy atom. The van der Waals surface area contributed by atoms with Crippen molar-refractivity contribution in [3.05, 3.63) is 91.0 Å². The van der Waals surface area contributed by atoms with E-state index in [1.54, 1.807) is 0 Å². The smallest absolute Gasteiger partial charge is 0.188 e. The Balaban J connectivity index is 2.02. The Kier molecular flexibility index (Phi) is 13.5. The molecular formula is C39H48O4. The van der Waals surface area contributed by atoms with Gasteiger partial charge >= 0.3 is 0 Å². The van der Waals surface area contributed by atoms with Gasteiger partial charge in [0, 0.05) is 0 Å². The normalized spacial score (nSPS) is 11.0. The molecule has 0 saturated carbocycles. The molecule has 0 spiro atoms. The number of benzene rings is 4. The Morgan fingerprint density at radius 2 is 0.791 bits per heavy atom. The first-order valence-electron chi connectivity index (χ1n) is 16.2. The van der Waals surface area contributed by atoms with E-state index in [1.165, 1.54) is 12.8 Å². The predicted octanol–water partition coefficient (Wildman–Crippen LogP) is 11.3. The standard InChI is InChI=1S/C39H48O4/c1-4-7-10-21-30-42-43-39-35(32-24-16-12-17-25-32)37(40-28-9-6-3)34(31-22-14-11-15-23-31)38(41-29-20-8-5-2)36(39)33-26-18-13-19-27-33/h11-19,22-27H,4-10,20-21,28-30H2,1-3H3. The number of rotatable bonds is 19. The van der Waals surface area contributed by atoms with Gasteiger partial charge in [0.2, 0.25) is 0 Å². The van der Waals surface area contributed by atoms with Crippen LogP contribution in [0.25, 0.3) is 33.4 Å².